The Morgan fingerprint density at radius 2 is 2.07 bits per heavy atom. The van der Waals surface area contributed by atoms with Gasteiger partial charge >= 0.3 is 0 Å². The molecule has 1 aliphatic heterocycles. The topological polar surface area (TPSA) is 20.2 Å². The van der Waals surface area contributed by atoms with Crippen LogP contribution < -0.4 is 0 Å². The van der Waals surface area contributed by atoms with Gasteiger partial charge in [-0.25, -0.2) is 0 Å². The molecular formula is C13H10OS. The summed E-state index contributed by atoms with van der Waals surface area (Å²) in [4.78, 5) is 1.01. The van der Waals surface area contributed by atoms with Gasteiger partial charge in [0.1, 0.15) is 5.75 Å². The highest BCUT2D eigenvalue weighted by Crippen LogP contribution is 2.40. The summed E-state index contributed by atoms with van der Waals surface area (Å²) >= 11 is 1.69. The normalized spacial score (nSPS) is 14.1. The molecule has 0 aliphatic carbocycles. The summed E-state index contributed by atoms with van der Waals surface area (Å²) in [6.45, 7) is 0. The predicted molar refractivity (Wildman–Crippen MR) is 65.4 cm³/mol. The highest BCUT2D eigenvalue weighted by Gasteiger charge is 2.13. The molecule has 74 valence electrons. The molecule has 3 rings (SSSR count). The van der Waals surface area contributed by atoms with E-state index in [0.717, 1.165) is 27.0 Å². The Bertz CT molecular complexity index is 558. The third-order valence-corrected chi connectivity index (χ3v) is 3.70. The molecule has 0 saturated carbocycles. The van der Waals surface area contributed by atoms with Crippen molar-refractivity contribution in [3.8, 4) is 5.75 Å². The second kappa shape index (κ2) is 3.31. The molecule has 2 aromatic carbocycles. The van der Waals surface area contributed by atoms with Crippen LogP contribution in [-0.4, -0.2) is 10.9 Å². The van der Waals surface area contributed by atoms with E-state index in [1.165, 1.54) is 0 Å². The van der Waals surface area contributed by atoms with Crippen LogP contribution in [0.25, 0.3) is 16.8 Å². The molecule has 0 atom stereocenters. The van der Waals surface area contributed by atoms with Crippen molar-refractivity contribution in [2.24, 2.45) is 0 Å². The van der Waals surface area contributed by atoms with E-state index in [4.69, 9.17) is 0 Å². The van der Waals surface area contributed by atoms with E-state index < -0.39 is 0 Å². The lowest BCUT2D eigenvalue weighted by molar-refractivity contribution is 0.469. The zero-order chi connectivity index (χ0) is 10.3. The second-order valence-corrected chi connectivity index (χ2v) is 4.61. The summed E-state index contributed by atoms with van der Waals surface area (Å²) in [6.07, 6.45) is 4.21. The first-order valence-electron chi connectivity index (χ1n) is 4.90. The predicted octanol–water partition coefficient (Wildman–Crippen LogP) is 3.66. The smallest absolute Gasteiger partial charge is 0.137 e. The molecule has 1 heterocycles. The van der Waals surface area contributed by atoms with Gasteiger partial charge in [0.2, 0.25) is 0 Å². The molecule has 15 heavy (non-hydrogen) atoms. The summed E-state index contributed by atoms with van der Waals surface area (Å²) in [5.41, 5.74) is 1.13. The molecule has 0 bridgehead atoms. The zero-order valence-corrected chi connectivity index (χ0v) is 8.92. The Balaban J connectivity index is 2.42. The van der Waals surface area contributed by atoms with Crippen LogP contribution in [0.5, 0.6) is 5.75 Å². The fraction of sp³-hybridized carbons (Fsp3) is 0.0769. The van der Waals surface area contributed by atoms with Crippen molar-refractivity contribution in [3.05, 3.63) is 42.0 Å². The number of phenolic OH excluding ortho intramolecular Hbond substituents is 1. The zero-order valence-electron chi connectivity index (χ0n) is 8.10. The van der Waals surface area contributed by atoms with E-state index in [2.05, 4.69) is 18.2 Å². The molecule has 0 unspecified atom stereocenters. The first kappa shape index (κ1) is 8.86. The van der Waals surface area contributed by atoms with E-state index >= 15 is 0 Å². The van der Waals surface area contributed by atoms with Gasteiger partial charge in [-0.15, -0.1) is 11.8 Å². The minimum Gasteiger partial charge on any atom is -0.506 e. The van der Waals surface area contributed by atoms with Crippen molar-refractivity contribution in [2.75, 3.05) is 5.75 Å². The average molecular weight is 214 g/mol. The highest BCUT2D eigenvalue weighted by molar-refractivity contribution is 7.99. The summed E-state index contributed by atoms with van der Waals surface area (Å²) in [5.74, 6) is 1.37. The Kier molecular flexibility index (Phi) is 1.96. The van der Waals surface area contributed by atoms with Crippen LogP contribution in [0.15, 0.2) is 41.3 Å². The maximum absolute atomic E-state index is 10.1. The van der Waals surface area contributed by atoms with Crippen molar-refractivity contribution in [3.63, 3.8) is 0 Å². The number of fused-ring (bicyclic) bond motifs is 2. The number of hydrogen-bond donors (Lipinski definition) is 1. The SMILES string of the molecule is Oc1c2c(cc3ccccc13)C=CCS2. The number of rotatable bonds is 0. The van der Waals surface area contributed by atoms with Crippen molar-refractivity contribution < 1.29 is 5.11 Å². The van der Waals surface area contributed by atoms with E-state index in [1.54, 1.807) is 11.8 Å². The van der Waals surface area contributed by atoms with Gasteiger partial charge in [-0.05, 0) is 17.0 Å². The standard InChI is InChI=1S/C13H10OS/c14-12-11-6-2-1-4-9(11)8-10-5-3-7-15-13(10)12/h1-6,8,14H,7H2. The van der Waals surface area contributed by atoms with E-state index in [0.29, 0.717) is 5.75 Å². The Labute approximate surface area is 92.4 Å². The van der Waals surface area contributed by atoms with Gasteiger partial charge in [-0.2, -0.15) is 0 Å². The van der Waals surface area contributed by atoms with Gasteiger partial charge in [0, 0.05) is 11.1 Å². The first-order valence-corrected chi connectivity index (χ1v) is 5.89. The van der Waals surface area contributed by atoms with Gasteiger partial charge in [0.15, 0.2) is 0 Å². The Morgan fingerprint density at radius 1 is 1.20 bits per heavy atom. The minimum absolute atomic E-state index is 0.428. The molecule has 1 N–H and O–H groups in total. The van der Waals surface area contributed by atoms with Crippen LogP contribution in [0, 0.1) is 0 Å². The minimum atomic E-state index is 0.428. The maximum Gasteiger partial charge on any atom is 0.137 e. The van der Waals surface area contributed by atoms with Crippen molar-refractivity contribution in [1.29, 1.82) is 0 Å². The van der Waals surface area contributed by atoms with E-state index in [9.17, 15) is 5.11 Å². The summed E-state index contributed by atoms with van der Waals surface area (Å²) < 4.78 is 0. The van der Waals surface area contributed by atoms with Gasteiger partial charge in [-0.3, -0.25) is 0 Å². The second-order valence-electron chi connectivity index (χ2n) is 3.58. The van der Waals surface area contributed by atoms with Crippen LogP contribution >= 0.6 is 11.8 Å². The third-order valence-electron chi connectivity index (χ3n) is 2.63. The summed E-state index contributed by atoms with van der Waals surface area (Å²) in [7, 11) is 0. The number of aromatic hydroxyl groups is 1. The summed E-state index contributed by atoms with van der Waals surface area (Å²) in [6, 6.07) is 10.1. The van der Waals surface area contributed by atoms with Gasteiger partial charge in [0.25, 0.3) is 0 Å². The number of hydrogen-bond acceptors (Lipinski definition) is 2. The van der Waals surface area contributed by atoms with Gasteiger partial charge in [-0.1, -0.05) is 36.4 Å². The highest BCUT2D eigenvalue weighted by atomic mass is 32.2. The van der Waals surface area contributed by atoms with E-state index in [-0.39, 0.29) is 0 Å². The molecule has 0 saturated heterocycles. The van der Waals surface area contributed by atoms with Gasteiger partial charge in [0.05, 0.1) is 4.90 Å². The van der Waals surface area contributed by atoms with E-state index in [1.807, 2.05) is 24.3 Å². The monoisotopic (exact) mass is 214 g/mol. The van der Waals surface area contributed by atoms with Crippen molar-refractivity contribution in [1.82, 2.24) is 0 Å². The fourth-order valence-corrected chi connectivity index (χ4v) is 2.81. The first-order chi connectivity index (χ1) is 7.36. The average Bonchev–Trinajstić information content (AvgIpc) is 2.30. The molecule has 0 radical (unpaired) electrons. The third kappa shape index (κ3) is 1.33. The van der Waals surface area contributed by atoms with Gasteiger partial charge < -0.3 is 5.11 Å². The molecule has 0 amide bonds. The largest absolute Gasteiger partial charge is 0.506 e. The maximum atomic E-state index is 10.1. The molecule has 2 aromatic rings. The molecule has 0 fully saturated rings. The molecule has 2 heteroatoms. The Hall–Kier alpha value is -1.41. The van der Waals surface area contributed by atoms with Crippen molar-refractivity contribution in [2.45, 2.75) is 4.90 Å². The lowest BCUT2D eigenvalue weighted by atomic mass is 10.1. The lowest BCUT2D eigenvalue weighted by Crippen LogP contribution is -1.89. The quantitative estimate of drug-likeness (QED) is 0.722. The number of phenols is 1. The lowest BCUT2D eigenvalue weighted by Gasteiger charge is -2.13. The van der Waals surface area contributed by atoms with Crippen molar-refractivity contribution >= 4 is 28.6 Å². The van der Waals surface area contributed by atoms with Crippen LogP contribution in [-0.2, 0) is 0 Å². The van der Waals surface area contributed by atoms with Crippen LogP contribution in [0.4, 0.5) is 0 Å². The molecular weight excluding hydrogens is 204 g/mol. The van der Waals surface area contributed by atoms with Crippen LogP contribution in [0.2, 0.25) is 0 Å². The van der Waals surface area contributed by atoms with Crippen LogP contribution in [0.1, 0.15) is 5.56 Å². The molecule has 1 aliphatic rings. The molecule has 0 spiro atoms. The summed E-state index contributed by atoms with van der Waals surface area (Å²) in [5, 5.41) is 12.2. The molecule has 0 aromatic heterocycles. The number of thioether (sulfide) groups is 1. The Morgan fingerprint density at radius 3 is 3.00 bits per heavy atom. The van der Waals surface area contributed by atoms with Crippen LogP contribution in [0.3, 0.4) is 0 Å². The fourth-order valence-electron chi connectivity index (χ4n) is 1.91. The number of benzene rings is 2. The molecule has 1 nitrogen and oxygen atoms in total.